The van der Waals surface area contributed by atoms with Crippen molar-refractivity contribution in [1.82, 2.24) is 0 Å². The maximum absolute atomic E-state index is 11.3. The summed E-state index contributed by atoms with van der Waals surface area (Å²) in [6.07, 6.45) is 0. The second kappa shape index (κ2) is 6.14. The van der Waals surface area contributed by atoms with Gasteiger partial charge in [0.1, 0.15) is 0 Å². The van der Waals surface area contributed by atoms with E-state index in [-0.39, 0.29) is 0 Å². The van der Waals surface area contributed by atoms with Gasteiger partial charge in [0.05, 0.1) is 5.56 Å². The minimum Gasteiger partial charge on any atom is -0.478 e. The van der Waals surface area contributed by atoms with Crippen LogP contribution in [0.5, 0.6) is 0 Å². The van der Waals surface area contributed by atoms with Gasteiger partial charge in [0.15, 0.2) is 0 Å². The number of rotatable bonds is 4. The summed E-state index contributed by atoms with van der Waals surface area (Å²) in [6.45, 7) is 6.07. The number of aryl methyl sites for hydroxylation is 3. The molecule has 0 aliphatic rings. The zero-order chi connectivity index (χ0) is 14.7. The van der Waals surface area contributed by atoms with Crippen molar-refractivity contribution in [3.63, 3.8) is 0 Å². The molecule has 2 nitrogen and oxygen atoms in total. The number of hydrogen-bond donors (Lipinski definition) is 1. The van der Waals surface area contributed by atoms with E-state index in [0.717, 1.165) is 16.2 Å². The third kappa shape index (κ3) is 3.64. The Hall–Kier alpha value is -1.74. The zero-order valence-corrected chi connectivity index (χ0v) is 12.8. The molecule has 3 heteroatoms. The van der Waals surface area contributed by atoms with Crippen LogP contribution in [0.15, 0.2) is 41.3 Å². The van der Waals surface area contributed by atoms with E-state index < -0.39 is 5.97 Å². The van der Waals surface area contributed by atoms with Crippen LogP contribution < -0.4 is 0 Å². The predicted octanol–water partition coefficient (Wildman–Crippen LogP) is 4.60. The Labute approximate surface area is 123 Å². The molecule has 104 valence electrons. The van der Waals surface area contributed by atoms with Gasteiger partial charge in [-0.3, -0.25) is 0 Å². The summed E-state index contributed by atoms with van der Waals surface area (Å²) in [6, 6.07) is 12.0. The summed E-state index contributed by atoms with van der Waals surface area (Å²) in [5.41, 5.74) is 5.06. The van der Waals surface area contributed by atoms with Crippen molar-refractivity contribution in [2.75, 3.05) is 0 Å². The molecule has 0 aromatic heterocycles. The second-order valence-electron chi connectivity index (χ2n) is 5.09. The fourth-order valence-electron chi connectivity index (χ4n) is 2.25. The fourth-order valence-corrected chi connectivity index (χ4v) is 3.21. The van der Waals surface area contributed by atoms with Gasteiger partial charge in [-0.2, -0.15) is 0 Å². The lowest BCUT2D eigenvalue weighted by Crippen LogP contribution is -1.99. The van der Waals surface area contributed by atoms with Crippen molar-refractivity contribution >= 4 is 17.7 Å². The highest BCUT2D eigenvalue weighted by Crippen LogP contribution is 2.28. The normalized spacial score (nSPS) is 10.6. The van der Waals surface area contributed by atoms with Gasteiger partial charge >= 0.3 is 5.97 Å². The van der Waals surface area contributed by atoms with Crippen molar-refractivity contribution in [3.8, 4) is 0 Å². The Balaban J connectivity index is 2.20. The average molecular weight is 286 g/mol. The summed E-state index contributed by atoms with van der Waals surface area (Å²) in [5.74, 6) is -0.0806. The Morgan fingerprint density at radius 2 is 1.65 bits per heavy atom. The van der Waals surface area contributed by atoms with Crippen molar-refractivity contribution in [2.24, 2.45) is 0 Å². The maximum Gasteiger partial charge on any atom is 0.336 e. The Bertz CT molecular complexity index is 627. The standard InChI is InChI=1S/C17H18O2S/c1-11-4-5-16(15(9-11)17(18)19)20-10-14-7-12(2)6-13(3)8-14/h4-9H,10H2,1-3H3,(H,18,19). The van der Waals surface area contributed by atoms with Gasteiger partial charge in [0, 0.05) is 10.6 Å². The lowest BCUT2D eigenvalue weighted by atomic mass is 10.1. The van der Waals surface area contributed by atoms with Gasteiger partial charge in [-0.1, -0.05) is 41.0 Å². The largest absolute Gasteiger partial charge is 0.478 e. The number of carbonyl (C=O) groups is 1. The first kappa shape index (κ1) is 14.7. The Morgan fingerprint density at radius 3 is 2.25 bits per heavy atom. The lowest BCUT2D eigenvalue weighted by Gasteiger charge is -2.08. The van der Waals surface area contributed by atoms with Crippen LogP contribution in [-0.2, 0) is 5.75 Å². The molecule has 2 aromatic rings. The van der Waals surface area contributed by atoms with Crippen molar-refractivity contribution in [1.29, 1.82) is 0 Å². The van der Waals surface area contributed by atoms with Crippen LogP contribution in [0.1, 0.15) is 32.6 Å². The topological polar surface area (TPSA) is 37.3 Å². The SMILES string of the molecule is Cc1cc(C)cc(CSc2ccc(C)cc2C(=O)O)c1. The van der Waals surface area contributed by atoms with Gasteiger partial charge in [-0.25, -0.2) is 4.79 Å². The molecule has 0 bridgehead atoms. The molecular weight excluding hydrogens is 268 g/mol. The van der Waals surface area contributed by atoms with Crippen LogP contribution in [0.2, 0.25) is 0 Å². The number of thioether (sulfide) groups is 1. The number of carboxylic acid groups (broad SMARTS) is 1. The number of hydrogen-bond acceptors (Lipinski definition) is 2. The van der Waals surface area contributed by atoms with Gasteiger partial charge in [-0.15, -0.1) is 11.8 Å². The average Bonchev–Trinajstić information content (AvgIpc) is 2.36. The van der Waals surface area contributed by atoms with Crippen molar-refractivity contribution in [3.05, 3.63) is 64.2 Å². The molecule has 0 unspecified atom stereocenters. The van der Waals surface area contributed by atoms with Gasteiger partial charge in [-0.05, 0) is 38.5 Å². The minimum absolute atomic E-state index is 0.388. The number of carboxylic acids is 1. The highest BCUT2D eigenvalue weighted by Gasteiger charge is 2.10. The second-order valence-corrected chi connectivity index (χ2v) is 6.11. The first-order valence-corrected chi connectivity index (χ1v) is 7.48. The van der Waals surface area contributed by atoms with Crippen LogP contribution in [0.25, 0.3) is 0 Å². The first-order chi connectivity index (χ1) is 9.45. The smallest absolute Gasteiger partial charge is 0.336 e. The van der Waals surface area contributed by atoms with E-state index >= 15 is 0 Å². The van der Waals surface area contributed by atoms with Gasteiger partial charge < -0.3 is 5.11 Å². The van der Waals surface area contributed by atoms with Gasteiger partial charge in [0.25, 0.3) is 0 Å². The molecule has 0 aliphatic heterocycles. The van der Waals surface area contributed by atoms with E-state index in [1.54, 1.807) is 17.8 Å². The van der Waals surface area contributed by atoms with Crippen LogP contribution in [0.4, 0.5) is 0 Å². The van der Waals surface area contributed by atoms with E-state index in [4.69, 9.17) is 0 Å². The molecule has 20 heavy (non-hydrogen) atoms. The summed E-state index contributed by atoms with van der Waals surface area (Å²) in [5, 5.41) is 9.26. The molecule has 2 rings (SSSR count). The number of aromatic carboxylic acids is 1. The van der Waals surface area contributed by atoms with Gasteiger partial charge in [0.2, 0.25) is 0 Å². The molecule has 1 N–H and O–H groups in total. The van der Waals surface area contributed by atoms with E-state index in [1.165, 1.54) is 16.7 Å². The van der Waals surface area contributed by atoms with E-state index in [1.807, 2.05) is 19.1 Å². The monoisotopic (exact) mass is 286 g/mol. The molecule has 0 spiro atoms. The van der Waals surface area contributed by atoms with E-state index in [2.05, 4.69) is 32.0 Å². The lowest BCUT2D eigenvalue weighted by molar-refractivity contribution is 0.0693. The summed E-state index contributed by atoms with van der Waals surface area (Å²) >= 11 is 1.57. The van der Waals surface area contributed by atoms with Crippen LogP contribution in [0, 0.1) is 20.8 Å². The molecule has 0 amide bonds. The van der Waals surface area contributed by atoms with Crippen LogP contribution in [0.3, 0.4) is 0 Å². The van der Waals surface area contributed by atoms with Crippen LogP contribution >= 0.6 is 11.8 Å². The number of benzene rings is 2. The predicted molar refractivity (Wildman–Crippen MR) is 83.6 cm³/mol. The molecule has 0 saturated heterocycles. The quantitative estimate of drug-likeness (QED) is 0.834. The summed E-state index contributed by atoms with van der Waals surface area (Å²) in [4.78, 5) is 12.1. The highest BCUT2D eigenvalue weighted by molar-refractivity contribution is 7.98. The maximum atomic E-state index is 11.3. The fraction of sp³-hybridized carbons (Fsp3) is 0.235. The van der Waals surface area contributed by atoms with Crippen molar-refractivity contribution in [2.45, 2.75) is 31.4 Å². The Morgan fingerprint density at radius 1 is 1.00 bits per heavy atom. The molecule has 0 atom stereocenters. The molecular formula is C17H18O2S. The highest BCUT2D eigenvalue weighted by atomic mass is 32.2. The van der Waals surface area contributed by atoms with E-state index in [9.17, 15) is 9.90 Å². The summed E-state index contributed by atoms with van der Waals surface area (Å²) in [7, 11) is 0. The van der Waals surface area contributed by atoms with Crippen molar-refractivity contribution < 1.29 is 9.90 Å². The summed E-state index contributed by atoms with van der Waals surface area (Å²) < 4.78 is 0. The first-order valence-electron chi connectivity index (χ1n) is 6.49. The third-order valence-electron chi connectivity index (χ3n) is 3.04. The third-order valence-corrected chi connectivity index (χ3v) is 4.19. The molecule has 2 aromatic carbocycles. The zero-order valence-electron chi connectivity index (χ0n) is 11.9. The Kier molecular flexibility index (Phi) is 4.50. The molecule has 0 saturated carbocycles. The van der Waals surface area contributed by atoms with E-state index in [0.29, 0.717) is 5.56 Å². The molecule has 0 fully saturated rings. The minimum atomic E-state index is -0.864. The molecule has 0 aliphatic carbocycles. The molecule has 0 radical (unpaired) electrons. The molecule has 0 heterocycles. The van der Waals surface area contributed by atoms with Crippen LogP contribution in [-0.4, -0.2) is 11.1 Å².